The lowest BCUT2D eigenvalue weighted by Crippen LogP contribution is -2.38. The molecule has 2 nitrogen and oxygen atoms in total. The van der Waals surface area contributed by atoms with Gasteiger partial charge in [-0.2, -0.15) is 0 Å². The zero-order chi connectivity index (χ0) is 9.31. The topological polar surface area (TPSA) is 38.0 Å². The van der Waals surface area contributed by atoms with E-state index in [-0.39, 0.29) is 5.54 Å². The lowest BCUT2D eigenvalue weighted by Gasteiger charge is -2.23. The van der Waals surface area contributed by atoms with E-state index in [4.69, 9.17) is 5.73 Å². The molecule has 0 amide bonds. The molecule has 1 aromatic rings. The van der Waals surface area contributed by atoms with Crippen molar-refractivity contribution in [3.05, 3.63) is 34.3 Å². The Morgan fingerprint density at radius 1 is 1.31 bits per heavy atom. The quantitative estimate of drug-likeness (QED) is 0.783. The van der Waals surface area contributed by atoms with E-state index in [1.54, 1.807) is 0 Å². The third-order valence-corrected chi connectivity index (χ3v) is 3.14. The zero-order valence-corrected chi connectivity index (χ0v) is 8.97. The highest BCUT2D eigenvalue weighted by atomic mass is 79.9. The predicted octanol–water partition coefficient (Wildman–Crippen LogP) is 1.60. The Morgan fingerprint density at radius 3 is 2.54 bits per heavy atom. The first-order chi connectivity index (χ1) is 6.21. The Labute approximate surface area is 86.6 Å². The van der Waals surface area contributed by atoms with Gasteiger partial charge in [-0.15, -0.1) is 0 Å². The van der Waals surface area contributed by atoms with Gasteiger partial charge in [-0.3, -0.25) is 0 Å². The molecule has 3 N–H and O–H groups in total. The monoisotopic (exact) mass is 240 g/mol. The first-order valence-corrected chi connectivity index (χ1v) is 5.26. The Morgan fingerprint density at radius 2 is 2.00 bits per heavy atom. The second-order valence-electron chi connectivity index (χ2n) is 3.59. The van der Waals surface area contributed by atoms with Gasteiger partial charge >= 0.3 is 0 Å². The van der Waals surface area contributed by atoms with Crippen LogP contribution in [0, 0.1) is 0 Å². The Hall–Kier alpha value is -0.380. The highest BCUT2D eigenvalue weighted by molar-refractivity contribution is 9.10. The average molecular weight is 241 g/mol. The first-order valence-electron chi connectivity index (χ1n) is 4.46. The van der Waals surface area contributed by atoms with E-state index in [9.17, 15) is 0 Å². The second kappa shape index (κ2) is 3.40. The van der Waals surface area contributed by atoms with Crippen LogP contribution >= 0.6 is 15.9 Å². The van der Waals surface area contributed by atoms with Crippen molar-refractivity contribution in [2.45, 2.75) is 12.0 Å². The van der Waals surface area contributed by atoms with Gasteiger partial charge < -0.3 is 11.1 Å². The molecule has 0 saturated carbocycles. The molecule has 0 bridgehead atoms. The number of hydrogen-bond acceptors (Lipinski definition) is 2. The number of halogens is 1. The Kier molecular flexibility index (Phi) is 2.41. The molecule has 0 spiro atoms. The minimum Gasteiger partial charge on any atom is -0.320 e. The number of rotatable bonds is 1. The SMILES string of the molecule is NC1(c2ccc(Br)cc2)CCNC1. The molecule has 1 unspecified atom stereocenters. The Bertz CT molecular complexity index is 288. The standard InChI is InChI=1S/C10H13BrN2/c11-9-3-1-8(2-4-9)10(12)5-6-13-7-10/h1-4,13H,5-7,12H2. The van der Waals surface area contributed by atoms with Gasteiger partial charge in [0.05, 0.1) is 5.54 Å². The van der Waals surface area contributed by atoms with Crippen LogP contribution in [0.4, 0.5) is 0 Å². The van der Waals surface area contributed by atoms with E-state index in [0.717, 1.165) is 24.0 Å². The number of nitrogens with one attached hydrogen (secondary N) is 1. The normalized spacial score (nSPS) is 27.8. The fraction of sp³-hybridized carbons (Fsp3) is 0.400. The van der Waals surface area contributed by atoms with Gasteiger partial charge in [0.25, 0.3) is 0 Å². The van der Waals surface area contributed by atoms with E-state index < -0.39 is 0 Å². The van der Waals surface area contributed by atoms with E-state index in [1.807, 2.05) is 12.1 Å². The van der Waals surface area contributed by atoms with Crippen molar-refractivity contribution in [3.8, 4) is 0 Å². The van der Waals surface area contributed by atoms with E-state index in [1.165, 1.54) is 5.56 Å². The van der Waals surface area contributed by atoms with Crippen molar-refractivity contribution in [1.82, 2.24) is 5.32 Å². The van der Waals surface area contributed by atoms with Crippen LogP contribution in [0.3, 0.4) is 0 Å². The maximum absolute atomic E-state index is 6.25. The van der Waals surface area contributed by atoms with Crippen LogP contribution in [0.25, 0.3) is 0 Å². The summed E-state index contributed by atoms with van der Waals surface area (Å²) in [6.45, 7) is 1.90. The second-order valence-corrected chi connectivity index (χ2v) is 4.51. The van der Waals surface area contributed by atoms with Crippen molar-refractivity contribution in [3.63, 3.8) is 0 Å². The smallest absolute Gasteiger partial charge is 0.0548 e. The Balaban J connectivity index is 2.29. The van der Waals surface area contributed by atoms with Crippen LogP contribution in [0.1, 0.15) is 12.0 Å². The van der Waals surface area contributed by atoms with Crippen LogP contribution in [0.2, 0.25) is 0 Å². The molecule has 1 saturated heterocycles. The van der Waals surface area contributed by atoms with Crippen molar-refractivity contribution in [2.24, 2.45) is 5.73 Å². The summed E-state index contributed by atoms with van der Waals surface area (Å²) in [7, 11) is 0. The molecule has 3 heteroatoms. The molecule has 0 aliphatic carbocycles. The van der Waals surface area contributed by atoms with Crippen LogP contribution in [-0.2, 0) is 5.54 Å². The fourth-order valence-electron chi connectivity index (χ4n) is 1.74. The van der Waals surface area contributed by atoms with Crippen LogP contribution in [-0.4, -0.2) is 13.1 Å². The van der Waals surface area contributed by atoms with E-state index >= 15 is 0 Å². The fourth-order valence-corrected chi connectivity index (χ4v) is 2.00. The number of benzene rings is 1. The molecule has 2 rings (SSSR count). The molecule has 1 heterocycles. The van der Waals surface area contributed by atoms with Crippen molar-refractivity contribution in [2.75, 3.05) is 13.1 Å². The van der Waals surface area contributed by atoms with Crippen molar-refractivity contribution < 1.29 is 0 Å². The molecule has 0 radical (unpaired) electrons. The van der Waals surface area contributed by atoms with Gasteiger partial charge in [0, 0.05) is 11.0 Å². The summed E-state index contributed by atoms with van der Waals surface area (Å²) < 4.78 is 1.10. The maximum Gasteiger partial charge on any atom is 0.0548 e. The summed E-state index contributed by atoms with van der Waals surface area (Å²) in [5.41, 5.74) is 7.32. The highest BCUT2D eigenvalue weighted by Crippen LogP contribution is 2.25. The largest absolute Gasteiger partial charge is 0.320 e. The number of hydrogen-bond donors (Lipinski definition) is 2. The molecule has 70 valence electrons. The summed E-state index contributed by atoms with van der Waals surface area (Å²) in [4.78, 5) is 0. The summed E-state index contributed by atoms with van der Waals surface area (Å²) >= 11 is 3.42. The summed E-state index contributed by atoms with van der Waals surface area (Å²) in [6, 6.07) is 8.28. The first kappa shape index (κ1) is 9.19. The van der Waals surface area contributed by atoms with Gasteiger partial charge in [-0.1, -0.05) is 28.1 Å². The third-order valence-electron chi connectivity index (χ3n) is 2.61. The maximum atomic E-state index is 6.25. The molecule has 13 heavy (non-hydrogen) atoms. The summed E-state index contributed by atoms with van der Waals surface area (Å²) in [5.74, 6) is 0. The minimum absolute atomic E-state index is 0.152. The predicted molar refractivity (Wildman–Crippen MR) is 57.5 cm³/mol. The van der Waals surface area contributed by atoms with Gasteiger partial charge in [-0.05, 0) is 30.7 Å². The van der Waals surface area contributed by atoms with Gasteiger partial charge in [0.1, 0.15) is 0 Å². The molecule has 1 aromatic carbocycles. The van der Waals surface area contributed by atoms with E-state index in [2.05, 4.69) is 33.4 Å². The van der Waals surface area contributed by atoms with Crippen LogP contribution in [0.15, 0.2) is 28.7 Å². The third kappa shape index (κ3) is 1.77. The van der Waals surface area contributed by atoms with Crippen LogP contribution < -0.4 is 11.1 Å². The molecule has 1 aliphatic heterocycles. The summed E-state index contributed by atoms with van der Waals surface area (Å²) in [5, 5.41) is 3.29. The summed E-state index contributed by atoms with van der Waals surface area (Å²) in [6.07, 6.45) is 1.02. The average Bonchev–Trinajstić information content (AvgIpc) is 2.54. The molecule has 1 fully saturated rings. The van der Waals surface area contributed by atoms with Crippen molar-refractivity contribution in [1.29, 1.82) is 0 Å². The minimum atomic E-state index is -0.152. The highest BCUT2D eigenvalue weighted by Gasteiger charge is 2.30. The molecule has 1 aliphatic rings. The number of nitrogens with two attached hydrogens (primary N) is 1. The van der Waals surface area contributed by atoms with Gasteiger partial charge in [-0.25, -0.2) is 0 Å². The molecule has 0 aromatic heterocycles. The molecule has 1 atom stereocenters. The molecular formula is C10H13BrN2. The molecular weight excluding hydrogens is 228 g/mol. The lowest BCUT2D eigenvalue weighted by molar-refractivity contribution is 0.494. The van der Waals surface area contributed by atoms with E-state index in [0.29, 0.717) is 0 Å². The van der Waals surface area contributed by atoms with Gasteiger partial charge in [0.15, 0.2) is 0 Å². The zero-order valence-electron chi connectivity index (χ0n) is 7.39. The van der Waals surface area contributed by atoms with Crippen LogP contribution in [0.5, 0.6) is 0 Å². The van der Waals surface area contributed by atoms with Crippen molar-refractivity contribution >= 4 is 15.9 Å². The van der Waals surface area contributed by atoms with Gasteiger partial charge in [0.2, 0.25) is 0 Å². The lowest BCUT2D eigenvalue weighted by atomic mass is 9.90.